The second-order valence-electron chi connectivity index (χ2n) is 9.01. The van der Waals surface area contributed by atoms with E-state index in [4.69, 9.17) is 9.47 Å². The van der Waals surface area contributed by atoms with Crippen LogP contribution in [0.3, 0.4) is 0 Å². The molecular formula is C29H38N2O4. The van der Waals surface area contributed by atoms with Crippen LogP contribution in [0.5, 0.6) is 5.75 Å². The number of rotatable bonds is 12. The number of carbonyl (C=O) groups is 2. The summed E-state index contributed by atoms with van der Waals surface area (Å²) < 4.78 is 10.6. The number of aromatic nitrogens is 1. The van der Waals surface area contributed by atoms with E-state index < -0.39 is 0 Å². The molecule has 188 valence electrons. The van der Waals surface area contributed by atoms with Gasteiger partial charge in [0.25, 0.3) is 0 Å². The lowest BCUT2D eigenvalue weighted by molar-refractivity contribution is -0.125. The highest BCUT2D eigenvalue weighted by Crippen LogP contribution is 2.39. The van der Waals surface area contributed by atoms with Crippen LogP contribution >= 0.6 is 0 Å². The second kappa shape index (κ2) is 12.4. The predicted molar refractivity (Wildman–Crippen MR) is 140 cm³/mol. The zero-order chi connectivity index (χ0) is 25.4. The highest BCUT2D eigenvalue weighted by atomic mass is 16.5. The molecule has 0 bridgehead atoms. The van der Waals surface area contributed by atoms with Crippen LogP contribution in [0.2, 0.25) is 0 Å². The zero-order valence-corrected chi connectivity index (χ0v) is 21.6. The highest BCUT2D eigenvalue weighted by molar-refractivity contribution is 5.90. The fraction of sp³-hybridized carbons (Fsp3) is 0.448. The largest absolute Gasteiger partial charge is 0.496 e. The van der Waals surface area contributed by atoms with Gasteiger partial charge in [0.2, 0.25) is 5.91 Å². The van der Waals surface area contributed by atoms with Crippen LogP contribution in [0.25, 0.3) is 10.9 Å². The molecule has 0 radical (unpaired) electrons. The first-order valence-electron chi connectivity index (χ1n) is 12.6. The van der Waals surface area contributed by atoms with Crippen molar-refractivity contribution in [3.8, 4) is 5.75 Å². The lowest BCUT2D eigenvalue weighted by Crippen LogP contribution is -2.32. The maximum absolute atomic E-state index is 12.6. The molecule has 35 heavy (non-hydrogen) atoms. The number of hydrogen-bond acceptors (Lipinski definition) is 4. The van der Waals surface area contributed by atoms with Crippen LogP contribution in [0, 0.1) is 5.92 Å². The number of ether oxygens (including phenoxy) is 2. The fourth-order valence-electron chi connectivity index (χ4n) is 4.72. The number of amides is 1. The molecule has 6 heteroatoms. The van der Waals surface area contributed by atoms with E-state index >= 15 is 0 Å². The van der Waals surface area contributed by atoms with Crippen molar-refractivity contribution in [3.63, 3.8) is 0 Å². The third-order valence-electron chi connectivity index (χ3n) is 6.66. The summed E-state index contributed by atoms with van der Waals surface area (Å²) in [7, 11) is 3.01. The summed E-state index contributed by atoms with van der Waals surface area (Å²) in [5, 5.41) is 4.20. The number of aromatic amines is 1. The summed E-state index contributed by atoms with van der Waals surface area (Å²) in [5.74, 6) is 0.477. The number of methoxy groups -OCH3 is 2. The van der Waals surface area contributed by atoms with E-state index in [9.17, 15) is 9.59 Å². The van der Waals surface area contributed by atoms with Gasteiger partial charge in [0.1, 0.15) is 5.75 Å². The Morgan fingerprint density at radius 3 is 2.46 bits per heavy atom. The summed E-state index contributed by atoms with van der Waals surface area (Å²) in [4.78, 5) is 28.1. The summed E-state index contributed by atoms with van der Waals surface area (Å²) in [6.07, 6.45) is 6.45. The Morgan fingerprint density at radius 2 is 1.80 bits per heavy atom. The third-order valence-corrected chi connectivity index (χ3v) is 6.66. The lowest BCUT2D eigenvalue weighted by atomic mass is 9.85. The number of hydrogen-bond donors (Lipinski definition) is 2. The Kier molecular flexibility index (Phi) is 9.35. The quantitative estimate of drug-likeness (QED) is 0.313. The molecule has 0 spiro atoms. The number of carbonyl (C=O) groups excluding carboxylic acids is 2. The number of fused-ring (bicyclic) bond motifs is 1. The molecule has 2 unspecified atom stereocenters. The van der Waals surface area contributed by atoms with Crippen molar-refractivity contribution >= 4 is 22.8 Å². The van der Waals surface area contributed by atoms with E-state index in [-0.39, 0.29) is 23.7 Å². The molecule has 2 atom stereocenters. The van der Waals surface area contributed by atoms with Gasteiger partial charge in [0.15, 0.2) is 0 Å². The van der Waals surface area contributed by atoms with Gasteiger partial charge in [-0.1, -0.05) is 39.3 Å². The van der Waals surface area contributed by atoms with Crippen molar-refractivity contribution in [2.45, 2.75) is 58.8 Å². The Morgan fingerprint density at radius 1 is 1.00 bits per heavy atom. The predicted octanol–water partition coefficient (Wildman–Crippen LogP) is 5.99. The van der Waals surface area contributed by atoms with Gasteiger partial charge in [-0.15, -0.1) is 0 Å². The monoisotopic (exact) mass is 478 g/mol. The van der Waals surface area contributed by atoms with Gasteiger partial charge in [-0.05, 0) is 61.1 Å². The van der Waals surface area contributed by atoms with Crippen LogP contribution in [0.1, 0.15) is 79.4 Å². The molecule has 0 saturated carbocycles. The van der Waals surface area contributed by atoms with Gasteiger partial charge in [0.05, 0.1) is 19.8 Å². The molecule has 0 aliphatic rings. The molecule has 2 N–H and O–H groups in total. The van der Waals surface area contributed by atoms with Crippen LogP contribution in [-0.4, -0.2) is 37.6 Å². The number of benzene rings is 2. The van der Waals surface area contributed by atoms with Crippen LogP contribution in [0.4, 0.5) is 0 Å². The Balaban J connectivity index is 1.99. The minimum atomic E-state index is -0.382. The molecule has 0 aliphatic heterocycles. The first-order chi connectivity index (χ1) is 17.0. The average Bonchev–Trinajstić information content (AvgIpc) is 3.31. The Bertz CT molecular complexity index is 1150. The third kappa shape index (κ3) is 6.05. The Hall–Kier alpha value is -3.28. The number of esters is 1. The number of H-pyrrole nitrogens is 1. The number of nitrogens with one attached hydrogen (secondary N) is 2. The van der Waals surface area contributed by atoms with E-state index in [0.29, 0.717) is 24.3 Å². The molecule has 1 aromatic heterocycles. The first kappa shape index (κ1) is 26.3. The van der Waals surface area contributed by atoms with Crippen molar-refractivity contribution in [1.82, 2.24) is 10.3 Å². The van der Waals surface area contributed by atoms with E-state index in [1.165, 1.54) is 12.7 Å². The van der Waals surface area contributed by atoms with Crippen LogP contribution in [-0.2, 0) is 16.0 Å². The van der Waals surface area contributed by atoms with Crippen molar-refractivity contribution in [2.24, 2.45) is 5.92 Å². The smallest absolute Gasteiger partial charge is 0.337 e. The fourth-order valence-corrected chi connectivity index (χ4v) is 4.72. The van der Waals surface area contributed by atoms with E-state index in [1.54, 1.807) is 19.2 Å². The first-order valence-corrected chi connectivity index (χ1v) is 12.6. The van der Waals surface area contributed by atoms with E-state index in [0.717, 1.165) is 47.7 Å². The lowest BCUT2D eigenvalue weighted by Gasteiger charge is -2.20. The molecule has 3 rings (SSSR count). The van der Waals surface area contributed by atoms with Crippen molar-refractivity contribution in [1.29, 1.82) is 0 Å². The maximum Gasteiger partial charge on any atom is 0.337 e. The normalized spacial score (nSPS) is 12.8. The van der Waals surface area contributed by atoms with Crippen LogP contribution < -0.4 is 10.1 Å². The standard InChI is InChI=1S/C29H38N2O4/c1-6-9-22(23-12-11-21(29(33)35-5)17-27(23)34-4)25-18-31-26-13-10-19(16-24(25)26)15-20(8-3)28(32)30-14-7-2/h10-13,16-18,20,22,31H,6-9,14-15H2,1-5H3,(H,30,32). The minimum absolute atomic E-state index is 0.0428. The summed E-state index contributed by atoms with van der Waals surface area (Å²) in [6, 6.07) is 12.0. The topological polar surface area (TPSA) is 80.4 Å². The minimum Gasteiger partial charge on any atom is -0.496 e. The Labute approximate surface area is 208 Å². The van der Waals surface area contributed by atoms with E-state index in [2.05, 4.69) is 55.5 Å². The molecular weight excluding hydrogens is 440 g/mol. The molecule has 0 aliphatic carbocycles. The molecule has 1 amide bonds. The second-order valence-corrected chi connectivity index (χ2v) is 9.01. The van der Waals surface area contributed by atoms with Gasteiger partial charge >= 0.3 is 5.97 Å². The van der Waals surface area contributed by atoms with Crippen LogP contribution in [0.15, 0.2) is 42.6 Å². The van der Waals surface area contributed by atoms with Crippen molar-refractivity contribution in [2.75, 3.05) is 20.8 Å². The van der Waals surface area contributed by atoms with Gasteiger partial charge in [-0.3, -0.25) is 4.79 Å². The molecule has 2 aromatic carbocycles. The molecule has 0 saturated heterocycles. The highest BCUT2D eigenvalue weighted by Gasteiger charge is 2.23. The van der Waals surface area contributed by atoms with E-state index in [1.807, 2.05) is 6.07 Å². The molecule has 6 nitrogen and oxygen atoms in total. The molecule has 3 aromatic rings. The van der Waals surface area contributed by atoms with Gasteiger partial charge in [-0.25, -0.2) is 4.79 Å². The van der Waals surface area contributed by atoms with Gasteiger partial charge in [-0.2, -0.15) is 0 Å². The average molecular weight is 479 g/mol. The SMILES string of the molecule is CCCNC(=O)C(CC)Cc1ccc2[nH]cc(C(CCC)c3ccc(C(=O)OC)cc3OC)c2c1. The summed E-state index contributed by atoms with van der Waals surface area (Å²) >= 11 is 0. The van der Waals surface area contributed by atoms with Gasteiger partial charge in [0, 0.05) is 41.0 Å². The molecule has 1 heterocycles. The maximum atomic E-state index is 12.6. The van der Waals surface area contributed by atoms with Crippen molar-refractivity contribution in [3.05, 3.63) is 64.8 Å². The zero-order valence-electron chi connectivity index (χ0n) is 21.6. The van der Waals surface area contributed by atoms with Crippen molar-refractivity contribution < 1.29 is 19.1 Å². The summed E-state index contributed by atoms with van der Waals surface area (Å²) in [6.45, 7) is 7.01. The van der Waals surface area contributed by atoms with Gasteiger partial charge < -0.3 is 19.8 Å². The molecule has 0 fully saturated rings. The summed E-state index contributed by atoms with van der Waals surface area (Å²) in [5.41, 5.74) is 4.92.